The van der Waals surface area contributed by atoms with Crippen LogP contribution in [0.25, 0.3) is 0 Å². The molecule has 1 aromatic rings. The molecule has 0 aliphatic rings. The zero-order valence-electron chi connectivity index (χ0n) is 10.4. The predicted molar refractivity (Wildman–Crippen MR) is 70.7 cm³/mol. The Balaban J connectivity index is 2.89. The third kappa shape index (κ3) is 3.66. The highest BCUT2D eigenvalue weighted by molar-refractivity contribution is 6.30. The average Bonchev–Trinajstić information content (AvgIpc) is 2.32. The van der Waals surface area contributed by atoms with Crippen molar-refractivity contribution in [1.29, 1.82) is 0 Å². The first kappa shape index (κ1) is 14.4. The van der Waals surface area contributed by atoms with Crippen LogP contribution in [0.3, 0.4) is 0 Å². The molecule has 0 heterocycles. The first-order chi connectivity index (χ1) is 8.11. The molecule has 0 amide bonds. The second-order valence-corrected chi connectivity index (χ2v) is 4.64. The summed E-state index contributed by atoms with van der Waals surface area (Å²) in [7, 11) is 1.97. The van der Waals surface area contributed by atoms with E-state index in [1.807, 2.05) is 7.05 Å². The molecule has 96 valence electrons. The van der Waals surface area contributed by atoms with Crippen molar-refractivity contribution in [3.8, 4) is 0 Å². The van der Waals surface area contributed by atoms with Gasteiger partial charge in [-0.05, 0) is 26.1 Å². The summed E-state index contributed by atoms with van der Waals surface area (Å²) < 4.78 is 13.9. The van der Waals surface area contributed by atoms with Crippen molar-refractivity contribution < 1.29 is 4.39 Å². The Morgan fingerprint density at radius 2 is 2.18 bits per heavy atom. The maximum absolute atomic E-state index is 13.9. The van der Waals surface area contributed by atoms with Crippen molar-refractivity contribution in [3.63, 3.8) is 0 Å². The van der Waals surface area contributed by atoms with Gasteiger partial charge >= 0.3 is 0 Å². The lowest BCUT2D eigenvalue weighted by Crippen LogP contribution is -2.32. The molecular weight excluding hydrogens is 239 g/mol. The molecule has 0 aliphatic heterocycles. The molecule has 0 aliphatic carbocycles. The van der Waals surface area contributed by atoms with Crippen molar-refractivity contribution in [2.75, 3.05) is 20.1 Å². The molecule has 0 radical (unpaired) electrons. The van der Waals surface area contributed by atoms with Crippen LogP contribution in [0.15, 0.2) is 18.2 Å². The molecule has 17 heavy (non-hydrogen) atoms. The van der Waals surface area contributed by atoms with Crippen molar-refractivity contribution >= 4 is 11.6 Å². The molecule has 0 fully saturated rings. The van der Waals surface area contributed by atoms with Gasteiger partial charge in [0, 0.05) is 18.2 Å². The largest absolute Gasteiger partial charge is 0.329 e. The summed E-state index contributed by atoms with van der Waals surface area (Å²) in [6, 6.07) is 4.96. The van der Waals surface area contributed by atoms with Crippen LogP contribution in [0.1, 0.15) is 31.4 Å². The minimum atomic E-state index is -0.354. The number of nitrogens with zero attached hydrogens (tertiary/aromatic N) is 1. The zero-order chi connectivity index (χ0) is 12.8. The first-order valence-corrected chi connectivity index (χ1v) is 6.33. The minimum Gasteiger partial charge on any atom is -0.329 e. The normalized spacial score (nSPS) is 13.1. The fourth-order valence-electron chi connectivity index (χ4n) is 1.89. The second-order valence-electron chi connectivity index (χ2n) is 4.23. The Morgan fingerprint density at radius 3 is 2.76 bits per heavy atom. The summed E-state index contributed by atoms with van der Waals surface area (Å²) in [5.74, 6) is -0.354. The van der Waals surface area contributed by atoms with E-state index in [0.717, 1.165) is 19.4 Å². The Kier molecular flexibility index (Phi) is 5.89. The van der Waals surface area contributed by atoms with Gasteiger partial charge in [-0.2, -0.15) is 0 Å². The van der Waals surface area contributed by atoms with Gasteiger partial charge in [-0.25, -0.2) is 4.39 Å². The Labute approximate surface area is 108 Å². The predicted octanol–water partition coefficient (Wildman–Crippen LogP) is 3.21. The second kappa shape index (κ2) is 6.94. The fourth-order valence-corrected chi connectivity index (χ4v) is 2.07. The Morgan fingerprint density at radius 1 is 1.47 bits per heavy atom. The molecule has 0 aromatic heterocycles. The quantitative estimate of drug-likeness (QED) is 0.849. The summed E-state index contributed by atoms with van der Waals surface area (Å²) in [6.45, 7) is 3.42. The number of nitrogens with two attached hydrogens (primary N) is 1. The monoisotopic (exact) mass is 258 g/mol. The third-order valence-electron chi connectivity index (χ3n) is 2.96. The highest BCUT2D eigenvalue weighted by Gasteiger charge is 2.19. The molecule has 0 spiro atoms. The van der Waals surface area contributed by atoms with Crippen molar-refractivity contribution in [1.82, 2.24) is 4.90 Å². The summed E-state index contributed by atoms with van der Waals surface area (Å²) in [5, 5.41) is 0.157. The molecule has 0 saturated heterocycles. The summed E-state index contributed by atoms with van der Waals surface area (Å²) in [5.41, 5.74) is 6.33. The molecule has 0 bridgehead atoms. The van der Waals surface area contributed by atoms with E-state index in [2.05, 4.69) is 11.8 Å². The number of halogens is 2. The Bertz CT molecular complexity index is 357. The smallest absolute Gasteiger partial charge is 0.146 e. The van der Waals surface area contributed by atoms with Crippen molar-refractivity contribution in [2.24, 2.45) is 5.73 Å². The molecule has 4 heteroatoms. The SMILES string of the molecule is CCCCN(C)C(CN)c1cccc(Cl)c1F. The van der Waals surface area contributed by atoms with Crippen LogP contribution < -0.4 is 5.73 Å². The molecule has 0 saturated carbocycles. The van der Waals surface area contributed by atoms with Gasteiger partial charge in [-0.15, -0.1) is 0 Å². The summed E-state index contributed by atoms with van der Waals surface area (Å²) in [4.78, 5) is 2.08. The first-order valence-electron chi connectivity index (χ1n) is 5.96. The van der Waals surface area contributed by atoms with Crippen LogP contribution in [-0.2, 0) is 0 Å². The number of rotatable bonds is 6. The van der Waals surface area contributed by atoms with E-state index in [9.17, 15) is 4.39 Å². The van der Waals surface area contributed by atoms with Crippen LogP contribution in [0.4, 0.5) is 4.39 Å². The van der Waals surface area contributed by atoms with Gasteiger partial charge in [0.2, 0.25) is 0 Å². The van der Waals surface area contributed by atoms with E-state index < -0.39 is 0 Å². The fraction of sp³-hybridized carbons (Fsp3) is 0.538. The number of likely N-dealkylation sites (N-methyl/N-ethyl adjacent to an activating group) is 1. The van der Waals surface area contributed by atoms with Gasteiger partial charge in [0.25, 0.3) is 0 Å². The maximum atomic E-state index is 13.9. The third-order valence-corrected chi connectivity index (χ3v) is 3.25. The van der Waals surface area contributed by atoms with Gasteiger partial charge < -0.3 is 5.73 Å². The van der Waals surface area contributed by atoms with Crippen LogP contribution in [0, 0.1) is 5.82 Å². The number of hydrogen-bond donors (Lipinski definition) is 1. The van der Waals surface area contributed by atoms with E-state index in [4.69, 9.17) is 17.3 Å². The summed E-state index contributed by atoms with van der Waals surface area (Å²) >= 11 is 5.79. The highest BCUT2D eigenvalue weighted by atomic mass is 35.5. The molecular formula is C13H20ClFN2. The molecule has 2 N–H and O–H groups in total. The minimum absolute atomic E-state index is 0.111. The van der Waals surface area contributed by atoms with E-state index >= 15 is 0 Å². The lowest BCUT2D eigenvalue weighted by Gasteiger charge is -2.27. The van der Waals surface area contributed by atoms with Crippen LogP contribution in [0.2, 0.25) is 5.02 Å². The van der Waals surface area contributed by atoms with Crippen molar-refractivity contribution in [3.05, 3.63) is 34.6 Å². The molecule has 1 aromatic carbocycles. The van der Waals surface area contributed by atoms with E-state index in [1.165, 1.54) is 0 Å². The molecule has 2 nitrogen and oxygen atoms in total. The van der Waals surface area contributed by atoms with Gasteiger partial charge in [0.15, 0.2) is 0 Å². The highest BCUT2D eigenvalue weighted by Crippen LogP contribution is 2.26. The van der Waals surface area contributed by atoms with Gasteiger partial charge in [0.1, 0.15) is 5.82 Å². The lowest BCUT2D eigenvalue weighted by atomic mass is 10.0. The number of benzene rings is 1. The number of unbranched alkanes of at least 4 members (excludes halogenated alkanes) is 1. The van der Waals surface area contributed by atoms with Gasteiger partial charge in [-0.3, -0.25) is 4.90 Å². The topological polar surface area (TPSA) is 29.3 Å². The van der Waals surface area contributed by atoms with Crippen molar-refractivity contribution in [2.45, 2.75) is 25.8 Å². The van der Waals surface area contributed by atoms with E-state index in [1.54, 1.807) is 18.2 Å². The Hall–Kier alpha value is -0.640. The van der Waals surface area contributed by atoms with E-state index in [-0.39, 0.29) is 16.9 Å². The molecule has 1 atom stereocenters. The van der Waals surface area contributed by atoms with Crippen LogP contribution in [-0.4, -0.2) is 25.0 Å². The van der Waals surface area contributed by atoms with E-state index in [0.29, 0.717) is 12.1 Å². The standard InChI is InChI=1S/C13H20ClFN2/c1-3-4-8-17(2)12(9-16)10-6-5-7-11(14)13(10)15/h5-7,12H,3-4,8-9,16H2,1-2H3. The zero-order valence-corrected chi connectivity index (χ0v) is 11.2. The maximum Gasteiger partial charge on any atom is 0.146 e. The molecule has 1 unspecified atom stereocenters. The van der Waals surface area contributed by atoms with Crippen LogP contribution >= 0.6 is 11.6 Å². The lowest BCUT2D eigenvalue weighted by molar-refractivity contribution is 0.241. The van der Waals surface area contributed by atoms with Crippen LogP contribution in [0.5, 0.6) is 0 Å². The summed E-state index contributed by atoms with van der Waals surface area (Å²) in [6.07, 6.45) is 2.19. The molecule has 1 rings (SSSR count). The van der Waals surface area contributed by atoms with Gasteiger partial charge in [-0.1, -0.05) is 37.1 Å². The van der Waals surface area contributed by atoms with Gasteiger partial charge in [0.05, 0.1) is 5.02 Å². The average molecular weight is 259 g/mol. The number of hydrogen-bond acceptors (Lipinski definition) is 2.